The molecule has 2 aromatic carbocycles. The highest BCUT2D eigenvalue weighted by Crippen LogP contribution is 2.23. The van der Waals surface area contributed by atoms with Crippen LogP contribution in [0, 0.1) is 13.8 Å². The van der Waals surface area contributed by atoms with Crippen molar-refractivity contribution in [2.24, 2.45) is 0 Å². The lowest BCUT2D eigenvalue weighted by atomic mass is 10.0. The minimum atomic E-state index is 0.0807. The van der Waals surface area contributed by atoms with Crippen LogP contribution in [0.4, 0.5) is 0 Å². The molecule has 0 saturated carbocycles. The van der Waals surface area contributed by atoms with E-state index in [1.165, 1.54) is 5.56 Å². The highest BCUT2D eigenvalue weighted by atomic mass is 16.3. The second-order valence-electron chi connectivity index (χ2n) is 5.42. The van der Waals surface area contributed by atoms with Crippen molar-refractivity contribution in [2.45, 2.75) is 32.9 Å². The summed E-state index contributed by atoms with van der Waals surface area (Å²) in [6, 6.07) is 14.0. The van der Waals surface area contributed by atoms with Crippen molar-refractivity contribution in [3.05, 3.63) is 64.7 Å². The lowest BCUT2D eigenvalue weighted by Crippen LogP contribution is -2.22. The molecule has 3 heteroatoms. The molecule has 1 atom stereocenters. The number of hydrogen-bond donors (Lipinski definition) is 3. The number of aliphatic hydroxyl groups excluding tert-OH is 1. The fourth-order valence-electron chi connectivity index (χ4n) is 2.44. The van der Waals surface area contributed by atoms with Gasteiger partial charge in [-0.2, -0.15) is 0 Å². The zero-order valence-electron chi connectivity index (χ0n) is 12.6. The molecule has 0 aromatic heterocycles. The summed E-state index contributed by atoms with van der Waals surface area (Å²) in [5.41, 5.74) is 4.29. The van der Waals surface area contributed by atoms with E-state index in [-0.39, 0.29) is 12.6 Å². The van der Waals surface area contributed by atoms with Crippen LogP contribution in [-0.4, -0.2) is 16.8 Å². The number of aryl methyl sites for hydroxylation is 2. The minimum Gasteiger partial charge on any atom is -0.508 e. The number of nitrogens with one attached hydrogen (secondary N) is 1. The maximum absolute atomic E-state index is 10.0. The van der Waals surface area contributed by atoms with E-state index in [1.807, 2.05) is 50.2 Å². The van der Waals surface area contributed by atoms with Gasteiger partial charge in [0.15, 0.2) is 0 Å². The number of phenolic OH excluding ortho intramolecular Hbond substituents is 1. The average molecular weight is 285 g/mol. The molecule has 2 aromatic rings. The predicted molar refractivity (Wildman–Crippen MR) is 85.3 cm³/mol. The number of hydrogen-bond acceptors (Lipinski definition) is 3. The molecular weight excluding hydrogens is 262 g/mol. The lowest BCUT2D eigenvalue weighted by Gasteiger charge is -2.19. The van der Waals surface area contributed by atoms with Gasteiger partial charge in [0.25, 0.3) is 0 Å². The standard InChI is InChI=1S/C18H23NO2/c1-13-10-16(18(21)11-14(13)2)12-19-17(8-9-20)15-6-4-3-5-7-15/h3-7,10-11,17,19-21H,8-9,12H2,1-2H3/t17-/m1/s1. The van der Waals surface area contributed by atoms with Crippen molar-refractivity contribution in [3.8, 4) is 5.75 Å². The molecule has 2 rings (SSSR count). The van der Waals surface area contributed by atoms with E-state index in [9.17, 15) is 10.2 Å². The molecule has 0 unspecified atom stereocenters. The van der Waals surface area contributed by atoms with Gasteiger partial charge >= 0.3 is 0 Å². The Balaban J connectivity index is 2.11. The van der Waals surface area contributed by atoms with Gasteiger partial charge in [-0.1, -0.05) is 36.4 Å². The largest absolute Gasteiger partial charge is 0.508 e. The predicted octanol–water partition coefficient (Wildman–Crippen LogP) is 3.22. The van der Waals surface area contributed by atoms with Gasteiger partial charge in [-0.3, -0.25) is 0 Å². The molecule has 0 bridgehead atoms. The second-order valence-corrected chi connectivity index (χ2v) is 5.42. The number of benzene rings is 2. The molecule has 21 heavy (non-hydrogen) atoms. The topological polar surface area (TPSA) is 52.5 Å². The first-order valence-corrected chi connectivity index (χ1v) is 7.30. The number of phenols is 1. The molecular formula is C18H23NO2. The van der Waals surface area contributed by atoms with Gasteiger partial charge in [0.1, 0.15) is 5.75 Å². The van der Waals surface area contributed by atoms with Crippen molar-refractivity contribution in [3.63, 3.8) is 0 Å². The smallest absolute Gasteiger partial charge is 0.120 e. The Morgan fingerprint density at radius 2 is 1.71 bits per heavy atom. The molecule has 0 aliphatic carbocycles. The first-order valence-electron chi connectivity index (χ1n) is 7.30. The first-order chi connectivity index (χ1) is 10.1. The van der Waals surface area contributed by atoms with Crippen LogP contribution in [0.2, 0.25) is 0 Å². The van der Waals surface area contributed by atoms with E-state index in [1.54, 1.807) is 6.07 Å². The zero-order valence-corrected chi connectivity index (χ0v) is 12.6. The van der Waals surface area contributed by atoms with Gasteiger partial charge < -0.3 is 15.5 Å². The Labute approximate surface area is 126 Å². The molecule has 0 aliphatic rings. The van der Waals surface area contributed by atoms with Gasteiger partial charge in [-0.15, -0.1) is 0 Å². The molecule has 0 spiro atoms. The summed E-state index contributed by atoms with van der Waals surface area (Å²) in [5.74, 6) is 0.321. The summed E-state index contributed by atoms with van der Waals surface area (Å²) in [6.45, 7) is 4.74. The number of aliphatic hydroxyl groups is 1. The van der Waals surface area contributed by atoms with Gasteiger partial charge in [-0.25, -0.2) is 0 Å². The number of rotatable bonds is 6. The first kappa shape index (κ1) is 15.5. The minimum absolute atomic E-state index is 0.0807. The van der Waals surface area contributed by atoms with E-state index in [0.29, 0.717) is 18.7 Å². The summed E-state index contributed by atoms with van der Waals surface area (Å²) in [7, 11) is 0. The summed E-state index contributed by atoms with van der Waals surface area (Å²) in [5, 5.41) is 22.7. The number of aromatic hydroxyl groups is 1. The fraction of sp³-hybridized carbons (Fsp3) is 0.333. The van der Waals surface area contributed by atoms with Gasteiger partial charge in [0.05, 0.1) is 0 Å². The van der Waals surface area contributed by atoms with Crippen molar-refractivity contribution in [1.29, 1.82) is 0 Å². The third-order valence-corrected chi connectivity index (χ3v) is 3.85. The molecule has 3 nitrogen and oxygen atoms in total. The molecule has 0 radical (unpaired) electrons. The maximum atomic E-state index is 10.0. The van der Waals surface area contributed by atoms with Crippen molar-refractivity contribution in [2.75, 3.05) is 6.61 Å². The fourth-order valence-corrected chi connectivity index (χ4v) is 2.44. The van der Waals surface area contributed by atoms with Crippen LogP contribution in [0.3, 0.4) is 0 Å². The monoisotopic (exact) mass is 285 g/mol. The highest BCUT2D eigenvalue weighted by Gasteiger charge is 2.11. The SMILES string of the molecule is Cc1cc(O)c(CN[C@H](CCO)c2ccccc2)cc1C. The lowest BCUT2D eigenvalue weighted by molar-refractivity contribution is 0.265. The Morgan fingerprint density at radius 3 is 2.38 bits per heavy atom. The summed E-state index contributed by atoms with van der Waals surface area (Å²) >= 11 is 0. The Bertz CT molecular complexity index is 581. The summed E-state index contributed by atoms with van der Waals surface area (Å²) in [4.78, 5) is 0. The third kappa shape index (κ3) is 4.06. The van der Waals surface area contributed by atoms with Crippen molar-refractivity contribution < 1.29 is 10.2 Å². The van der Waals surface area contributed by atoms with Crippen LogP contribution in [0.15, 0.2) is 42.5 Å². The van der Waals surface area contributed by atoms with E-state index in [4.69, 9.17) is 0 Å². The average Bonchev–Trinajstić information content (AvgIpc) is 2.49. The van der Waals surface area contributed by atoms with Crippen LogP contribution in [0.1, 0.15) is 34.7 Å². The summed E-state index contributed by atoms with van der Waals surface area (Å²) < 4.78 is 0. The van der Waals surface area contributed by atoms with Crippen LogP contribution in [-0.2, 0) is 6.54 Å². The maximum Gasteiger partial charge on any atom is 0.120 e. The highest BCUT2D eigenvalue weighted by molar-refractivity contribution is 5.40. The van der Waals surface area contributed by atoms with Crippen molar-refractivity contribution in [1.82, 2.24) is 5.32 Å². The van der Waals surface area contributed by atoms with E-state index in [2.05, 4.69) is 5.32 Å². The molecule has 0 saturated heterocycles. The van der Waals surface area contributed by atoms with E-state index >= 15 is 0 Å². The normalized spacial score (nSPS) is 12.3. The zero-order chi connectivity index (χ0) is 15.2. The molecule has 0 heterocycles. The van der Waals surface area contributed by atoms with Crippen LogP contribution in [0.25, 0.3) is 0 Å². The summed E-state index contributed by atoms with van der Waals surface area (Å²) in [6.07, 6.45) is 0.648. The molecule has 112 valence electrons. The quantitative estimate of drug-likeness (QED) is 0.764. The van der Waals surface area contributed by atoms with Crippen LogP contribution < -0.4 is 5.32 Å². The van der Waals surface area contributed by atoms with E-state index in [0.717, 1.165) is 16.7 Å². The molecule has 0 amide bonds. The Morgan fingerprint density at radius 1 is 1.05 bits per heavy atom. The van der Waals surface area contributed by atoms with Crippen LogP contribution >= 0.6 is 0 Å². The van der Waals surface area contributed by atoms with Gasteiger partial charge in [-0.05, 0) is 43.0 Å². The molecule has 0 fully saturated rings. The van der Waals surface area contributed by atoms with Gasteiger partial charge in [0.2, 0.25) is 0 Å². The molecule has 0 aliphatic heterocycles. The van der Waals surface area contributed by atoms with E-state index < -0.39 is 0 Å². The molecule has 3 N–H and O–H groups in total. The third-order valence-electron chi connectivity index (χ3n) is 3.85. The Kier molecular flexibility index (Phi) is 5.37. The van der Waals surface area contributed by atoms with Crippen molar-refractivity contribution >= 4 is 0 Å². The van der Waals surface area contributed by atoms with Crippen LogP contribution in [0.5, 0.6) is 5.75 Å². The van der Waals surface area contributed by atoms with Gasteiger partial charge in [0, 0.05) is 24.8 Å². The second kappa shape index (κ2) is 7.25. The Hall–Kier alpha value is -1.84.